The largest absolute Gasteiger partial charge is 0.450 e. The number of ether oxygens (including phenoxy) is 2. The minimum Gasteiger partial charge on any atom is -0.450 e. The number of morpholine rings is 1. The third-order valence-corrected chi connectivity index (χ3v) is 5.12. The third kappa shape index (κ3) is 5.01. The second-order valence-corrected chi connectivity index (χ2v) is 7.09. The van der Waals surface area contributed by atoms with Crippen molar-refractivity contribution in [2.45, 2.75) is 32.0 Å². The third-order valence-electron chi connectivity index (χ3n) is 4.07. The van der Waals surface area contributed by atoms with Gasteiger partial charge in [0.2, 0.25) is 0 Å². The van der Waals surface area contributed by atoms with Gasteiger partial charge < -0.3 is 19.7 Å². The molecule has 2 aromatic rings. The number of alkyl carbamates (subject to hydrolysis) is 1. The highest BCUT2D eigenvalue weighted by Crippen LogP contribution is 2.28. The van der Waals surface area contributed by atoms with Gasteiger partial charge in [0, 0.05) is 25.4 Å². The monoisotopic (exact) mass is 394 g/mol. The molecule has 0 saturated carbocycles. The molecule has 1 fully saturated rings. The lowest BCUT2D eigenvalue weighted by atomic mass is 10.3. The molecule has 3 rings (SSSR count). The molecule has 0 bridgehead atoms. The fourth-order valence-electron chi connectivity index (χ4n) is 2.80. The smallest absolute Gasteiger partial charge is 0.407 e. The van der Waals surface area contributed by atoms with Crippen LogP contribution in [-0.4, -0.2) is 71.0 Å². The van der Waals surface area contributed by atoms with Crippen LogP contribution in [0.4, 0.5) is 10.6 Å². The van der Waals surface area contributed by atoms with Gasteiger partial charge in [-0.15, -0.1) is 0 Å². The number of carbonyl (C=O) groups excluding carboxylic acids is 1. The Bertz CT molecular complexity index is 762. The number of aromatic nitrogens is 4. The van der Waals surface area contributed by atoms with E-state index in [2.05, 4.69) is 22.2 Å². The molecule has 0 atom stereocenters. The first-order valence-electron chi connectivity index (χ1n) is 9.32. The van der Waals surface area contributed by atoms with E-state index in [4.69, 9.17) is 19.4 Å². The molecule has 1 saturated heterocycles. The van der Waals surface area contributed by atoms with Crippen LogP contribution in [0.25, 0.3) is 11.0 Å². The minimum atomic E-state index is -0.420. The Balaban J connectivity index is 1.83. The minimum absolute atomic E-state index is 0.352. The van der Waals surface area contributed by atoms with E-state index in [0.717, 1.165) is 47.3 Å². The number of carbonyl (C=O) groups is 1. The van der Waals surface area contributed by atoms with Gasteiger partial charge in [0.15, 0.2) is 10.8 Å². The van der Waals surface area contributed by atoms with Crippen molar-refractivity contribution in [1.29, 1.82) is 0 Å². The van der Waals surface area contributed by atoms with Crippen LogP contribution in [0.15, 0.2) is 11.4 Å². The van der Waals surface area contributed by atoms with Crippen molar-refractivity contribution < 1.29 is 14.3 Å². The molecule has 9 nitrogen and oxygen atoms in total. The van der Waals surface area contributed by atoms with Gasteiger partial charge in [0.1, 0.15) is 5.82 Å². The van der Waals surface area contributed by atoms with Crippen molar-refractivity contribution in [1.82, 2.24) is 25.1 Å². The van der Waals surface area contributed by atoms with E-state index >= 15 is 0 Å². The molecular formula is C17H26N6O3S. The Labute approximate surface area is 162 Å². The van der Waals surface area contributed by atoms with Crippen LogP contribution < -0.4 is 10.2 Å². The second-order valence-electron chi connectivity index (χ2n) is 6.03. The fourth-order valence-corrected chi connectivity index (χ4v) is 3.49. The summed E-state index contributed by atoms with van der Waals surface area (Å²) >= 11 is 1.65. The average Bonchev–Trinajstić information content (AvgIpc) is 3.09. The van der Waals surface area contributed by atoms with Crippen LogP contribution in [0.5, 0.6) is 0 Å². The molecule has 1 N–H and O–H groups in total. The van der Waals surface area contributed by atoms with Gasteiger partial charge in [-0.2, -0.15) is 5.10 Å². The molecule has 27 heavy (non-hydrogen) atoms. The Hall–Kier alpha value is -2.07. The summed E-state index contributed by atoms with van der Waals surface area (Å²) in [4.78, 5) is 23.2. The van der Waals surface area contributed by atoms with Crippen LogP contribution in [0.1, 0.15) is 20.3 Å². The summed E-state index contributed by atoms with van der Waals surface area (Å²) in [5, 5.41) is 8.87. The van der Waals surface area contributed by atoms with Gasteiger partial charge in [0.05, 0.1) is 37.9 Å². The zero-order valence-corrected chi connectivity index (χ0v) is 16.6. The molecule has 1 aliphatic heterocycles. The first-order chi connectivity index (χ1) is 13.2. The molecular weight excluding hydrogens is 368 g/mol. The van der Waals surface area contributed by atoms with Crippen molar-refractivity contribution in [3.63, 3.8) is 0 Å². The first-order valence-corrected chi connectivity index (χ1v) is 10.3. The Morgan fingerprint density at radius 1 is 1.33 bits per heavy atom. The van der Waals surface area contributed by atoms with Crippen molar-refractivity contribution in [3.05, 3.63) is 6.20 Å². The molecule has 0 radical (unpaired) electrons. The summed E-state index contributed by atoms with van der Waals surface area (Å²) in [6.45, 7) is 8.20. The number of fused-ring (bicyclic) bond motifs is 1. The van der Waals surface area contributed by atoms with Crippen LogP contribution >= 0.6 is 11.8 Å². The predicted molar refractivity (Wildman–Crippen MR) is 104 cm³/mol. The zero-order chi connectivity index (χ0) is 19.1. The van der Waals surface area contributed by atoms with E-state index in [0.29, 0.717) is 32.9 Å². The predicted octanol–water partition coefficient (Wildman–Crippen LogP) is 1.91. The number of anilines is 1. The van der Waals surface area contributed by atoms with Gasteiger partial charge in [-0.25, -0.2) is 19.4 Å². The van der Waals surface area contributed by atoms with E-state index in [9.17, 15) is 4.79 Å². The van der Waals surface area contributed by atoms with Gasteiger partial charge in [-0.3, -0.25) is 0 Å². The molecule has 0 unspecified atom stereocenters. The first kappa shape index (κ1) is 19.7. The maximum Gasteiger partial charge on any atom is 0.407 e. The van der Waals surface area contributed by atoms with Crippen LogP contribution in [0.2, 0.25) is 0 Å². The molecule has 1 aliphatic rings. The highest BCUT2D eigenvalue weighted by atomic mass is 32.2. The van der Waals surface area contributed by atoms with Crippen LogP contribution in [0.3, 0.4) is 0 Å². The molecule has 0 aromatic carbocycles. The van der Waals surface area contributed by atoms with E-state index in [1.807, 2.05) is 4.68 Å². The highest BCUT2D eigenvalue weighted by molar-refractivity contribution is 7.99. The lowest BCUT2D eigenvalue weighted by Gasteiger charge is -2.28. The zero-order valence-electron chi connectivity index (χ0n) is 15.8. The van der Waals surface area contributed by atoms with E-state index in [-0.39, 0.29) is 0 Å². The summed E-state index contributed by atoms with van der Waals surface area (Å²) in [5.74, 6) is 1.87. The lowest BCUT2D eigenvalue weighted by Crippen LogP contribution is -2.37. The Morgan fingerprint density at radius 3 is 2.89 bits per heavy atom. The SMILES string of the molecule is CCCSc1nc(N2CCOCC2)c2cnn(CCNC(=O)OCC)c2n1. The van der Waals surface area contributed by atoms with Crippen molar-refractivity contribution in [3.8, 4) is 0 Å². The summed E-state index contributed by atoms with van der Waals surface area (Å²) in [6.07, 6.45) is 2.44. The Morgan fingerprint density at radius 2 is 2.15 bits per heavy atom. The summed E-state index contributed by atoms with van der Waals surface area (Å²) in [6, 6.07) is 0. The molecule has 3 heterocycles. The summed E-state index contributed by atoms with van der Waals surface area (Å²) in [7, 11) is 0. The second kappa shape index (κ2) is 9.75. The number of nitrogens with one attached hydrogen (secondary N) is 1. The molecule has 10 heteroatoms. The highest BCUT2D eigenvalue weighted by Gasteiger charge is 2.20. The van der Waals surface area contributed by atoms with E-state index < -0.39 is 6.09 Å². The van der Waals surface area contributed by atoms with Gasteiger partial charge >= 0.3 is 6.09 Å². The van der Waals surface area contributed by atoms with Crippen LogP contribution in [0, 0.1) is 0 Å². The fraction of sp³-hybridized carbons (Fsp3) is 0.647. The van der Waals surface area contributed by atoms with Gasteiger partial charge in [0.25, 0.3) is 0 Å². The molecule has 0 aliphatic carbocycles. The molecule has 148 valence electrons. The number of hydrogen-bond acceptors (Lipinski definition) is 8. The molecule has 1 amide bonds. The maximum atomic E-state index is 11.5. The number of thioether (sulfide) groups is 1. The average molecular weight is 395 g/mol. The van der Waals surface area contributed by atoms with Gasteiger partial charge in [-0.1, -0.05) is 18.7 Å². The van der Waals surface area contributed by atoms with Gasteiger partial charge in [-0.05, 0) is 13.3 Å². The maximum absolute atomic E-state index is 11.5. The van der Waals surface area contributed by atoms with E-state index in [1.54, 1.807) is 24.9 Å². The van der Waals surface area contributed by atoms with Crippen LogP contribution in [-0.2, 0) is 16.0 Å². The van der Waals surface area contributed by atoms with Crippen molar-refractivity contribution >= 4 is 34.7 Å². The summed E-state index contributed by atoms with van der Waals surface area (Å²) in [5.41, 5.74) is 0.788. The molecule has 2 aromatic heterocycles. The van der Waals surface area contributed by atoms with Crippen molar-refractivity contribution in [2.24, 2.45) is 0 Å². The topological polar surface area (TPSA) is 94.4 Å². The summed E-state index contributed by atoms with van der Waals surface area (Å²) < 4.78 is 12.2. The Kier molecular flexibility index (Phi) is 7.11. The number of rotatable bonds is 8. The van der Waals surface area contributed by atoms with Crippen molar-refractivity contribution in [2.75, 3.05) is 50.1 Å². The number of nitrogens with zero attached hydrogens (tertiary/aromatic N) is 5. The quantitative estimate of drug-likeness (QED) is 0.536. The number of amides is 1. The lowest BCUT2D eigenvalue weighted by molar-refractivity contribution is 0.122. The van der Waals surface area contributed by atoms with E-state index in [1.165, 1.54) is 0 Å². The normalized spacial score (nSPS) is 14.5. The standard InChI is InChI=1S/C17H26N6O3S/c1-3-11-27-16-20-14(22-7-9-25-10-8-22)13-12-19-23(15(13)21-16)6-5-18-17(24)26-4-2/h12H,3-11H2,1-2H3,(H,18,24). The number of hydrogen-bond donors (Lipinski definition) is 1. The molecule has 0 spiro atoms.